The molecule has 2 rings (SSSR count). The number of hydrogen-bond acceptors (Lipinski definition) is 4. The van der Waals surface area contributed by atoms with Gasteiger partial charge in [0.25, 0.3) is 5.91 Å². The van der Waals surface area contributed by atoms with Crippen molar-refractivity contribution in [2.45, 2.75) is 32.2 Å². The third-order valence-electron chi connectivity index (χ3n) is 4.33. The van der Waals surface area contributed by atoms with Crippen LogP contribution in [0.15, 0.2) is 24.3 Å². The van der Waals surface area contributed by atoms with E-state index in [4.69, 9.17) is 22.1 Å². The van der Waals surface area contributed by atoms with Gasteiger partial charge < -0.3 is 20.7 Å². The molecule has 8 heteroatoms. The lowest BCUT2D eigenvalue weighted by atomic mass is 10.0. The lowest BCUT2D eigenvalue weighted by Gasteiger charge is -2.30. The predicted molar refractivity (Wildman–Crippen MR) is 97.5 cm³/mol. The third-order valence-corrected chi connectivity index (χ3v) is 4.58. The number of primary amides is 1. The van der Waals surface area contributed by atoms with Gasteiger partial charge in [0.2, 0.25) is 0 Å². The molecular formula is C18H24ClN3O4. The monoisotopic (exact) mass is 381 g/mol. The molecule has 1 fully saturated rings. The van der Waals surface area contributed by atoms with Crippen LogP contribution in [0.4, 0.5) is 4.79 Å². The Hall–Kier alpha value is -2.28. The fourth-order valence-electron chi connectivity index (χ4n) is 2.99. The van der Waals surface area contributed by atoms with Crippen molar-refractivity contribution in [3.05, 3.63) is 34.9 Å². The Balaban J connectivity index is 1.89. The summed E-state index contributed by atoms with van der Waals surface area (Å²) >= 11 is 5.85. The maximum absolute atomic E-state index is 12.2. The smallest absolute Gasteiger partial charge is 0.312 e. The number of amides is 3. The number of piperidine rings is 1. The van der Waals surface area contributed by atoms with Gasteiger partial charge in [-0.1, -0.05) is 30.7 Å². The molecule has 0 saturated carbocycles. The van der Waals surface area contributed by atoms with E-state index in [1.807, 2.05) is 0 Å². The fraction of sp³-hybridized carbons (Fsp3) is 0.500. The van der Waals surface area contributed by atoms with Crippen LogP contribution >= 0.6 is 11.6 Å². The summed E-state index contributed by atoms with van der Waals surface area (Å²) in [5, 5.41) is 3.04. The number of benzene rings is 1. The molecule has 3 N–H and O–H groups in total. The SMILES string of the molecule is C[C@H]1CCCN(C(=O)COC(=O)C[C@H](NC(N)=O)c2ccc(Cl)cc2)C1. The number of likely N-dealkylation sites (tertiary alicyclic amines) is 1. The molecule has 0 bridgehead atoms. The molecule has 3 amide bonds. The predicted octanol–water partition coefficient (Wildman–Crippen LogP) is 2.24. The lowest BCUT2D eigenvalue weighted by Crippen LogP contribution is -2.41. The van der Waals surface area contributed by atoms with E-state index in [1.54, 1.807) is 29.2 Å². The summed E-state index contributed by atoms with van der Waals surface area (Å²) in [5.74, 6) is -0.328. The first-order valence-corrected chi connectivity index (χ1v) is 8.97. The van der Waals surface area contributed by atoms with E-state index in [9.17, 15) is 14.4 Å². The Kier molecular flexibility index (Phi) is 7.26. The largest absolute Gasteiger partial charge is 0.455 e. The van der Waals surface area contributed by atoms with Crippen LogP contribution in [-0.2, 0) is 14.3 Å². The zero-order valence-corrected chi connectivity index (χ0v) is 15.5. The molecule has 7 nitrogen and oxygen atoms in total. The van der Waals surface area contributed by atoms with E-state index in [0.717, 1.165) is 12.8 Å². The number of nitrogens with two attached hydrogens (primary N) is 1. The molecule has 2 atom stereocenters. The molecule has 0 aliphatic carbocycles. The standard InChI is InChI=1S/C18H24ClN3O4/c1-12-3-2-8-22(10-12)16(23)11-26-17(24)9-15(21-18(20)25)13-4-6-14(19)7-5-13/h4-7,12,15H,2-3,8-11H2,1H3,(H3,20,21,25)/t12-,15-/m0/s1. The molecule has 1 saturated heterocycles. The average molecular weight is 382 g/mol. The summed E-state index contributed by atoms with van der Waals surface area (Å²) in [4.78, 5) is 37.2. The van der Waals surface area contributed by atoms with Crippen LogP contribution in [-0.4, -0.2) is 42.5 Å². The van der Waals surface area contributed by atoms with Gasteiger partial charge in [-0.2, -0.15) is 0 Å². The lowest BCUT2D eigenvalue weighted by molar-refractivity contribution is -0.153. The summed E-state index contributed by atoms with van der Waals surface area (Å²) in [6.45, 7) is 3.18. The normalized spacial score (nSPS) is 18.1. The first-order chi connectivity index (χ1) is 12.3. The summed E-state index contributed by atoms with van der Waals surface area (Å²) in [7, 11) is 0. The van der Waals surface area contributed by atoms with Crippen molar-refractivity contribution >= 4 is 29.5 Å². The average Bonchev–Trinajstić information content (AvgIpc) is 2.59. The quantitative estimate of drug-likeness (QED) is 0.737. The van der Waals surface area contributed by atoms with Gasteiger partial charge in [0.1, 0.15) is 0 Å². The minimum atomic E-state index is -0.754. The second-order valence-corrected chi connectivity index (χ2v) is 7.00. The number of nitrogens with one attached hydrogen (secondary N) is 1. The number of esters is 1. The van der Waals surface area contributed by atoms with Crippen molar-refractivity contribution in [2.24, 2.45) is 11.7 Å². The number of urea groups is 1. The number of carbonyl (C=O) groups excluding carboxylic acids is 3. The van der Waals surface area contributed by atoms with Crippen molar-refractivity contribution in [1.29, 1.82) is 0 Å². The van der Waals surface area contributed by atoms with Gasteiger partial charge in [-0.15, -0.1) is 0 Å². The molecule has 0 spiro atoms. The molecule has 0 radical (unpaired) electrons. The van der Waals surface area contributed by atoms with Gasteiger partial charge in [0.15, 0.2) is 6.61 Å². The maximum Gasteiger partial charge on any atom is 0.312 e. The molecule has 26 heavy (non-hydrogen) atoms. The third kappa shape index (κ3) is 6.22. The molecule has 142 valence electrons. The van der Waals surface area contributed by atoms with Crippen molar-refractivity contribution in [1.82, 2.24) is 10.2 Å². The summed E-state index contributed by atoms with van der Waals surface area (Å²) in [6, 6.07) is 5.28. The summed E-state index contributed by atoms with van der Waals surface area (Å²) < 4.78 is 5.10. The molecule has 1 aliphatic heterocycles. The van der Waals surface area contributed by atoms with E-state index >= 15 is 0 Å². The van der Waals surface area contributed by atoms with Crippen molar-refractivity contribution in [3.63, 3.8) is 0 Å². The highest BCUT2D eigenvalue weighted by Gasteiger charge is 2.23. The molecular weight excluding hydrogens is 358 g/mol. The van der Waals surface area contributed by atoms with Gasteiger partial charge in [-0.05, 0) is 36.5 Å². The van der Waals surface area contributed by atoms with E-state index in [1.165, 1.54) is 0 Å². The number of carbonyl (C=O) groups is 3. The van der Waals surface area contributed by atoms with Crippen LogP contribution < -0.4 is 11.1 Å². The Morgan fingerprint density at radius 2 is 2.04 bits per heavy atom. The second kappa shape index (κ2) is 9.43. The van der Waals surface area contributed by atoms with E-state index < -0.39 is 18.0 Å². The molecule has 1 aromatic carbocycles. The zero-order chi connectivity index (χ0) is 19.1. The van der Waals surface area contributed by atoms with Crippen LogP contribution in [0.5, 0.6) is 0 Å². The maximum atomic E-state index is 12.2. The number of halogens is 1. The number of nitrogens with zero attached hydrogens (tertiary/aromatic N) is 1. The Morgan fingerprint density at radius 3 is 2.65 bits per heavy atom. The highest BCUT2D eigenvalue weighted by Crippen LogP contribution is 2.20. The van der Waals surface area contributed by atoms with Crippen LogP contribution in [0.2, 0.25) is 5.02 Å². The molecule has 1 aromatic rings. The molecule has 0 aromatic heterocycles. The first kappa shape index (κ1) is 20.0. The summed E-state index contributed by atoms with van der Waals surface area (Å²) in [5.41, 5.74) is 5.85. The van der Waals surface area contributed by atoms with Gasteiger partial charge in [0.05, 0.1) is 12.5 Å². The van der Waals surface area contributed by atoms with Crippen molar-refractivity contribution < 1.29 is 19.1 Å². The number of hydrogen-bond donors (Lipinski definition) is 2. The zero-order valence-electron chi connectivity index (χ0n) is 14.7. The second-order valence-electron chi connectivity index (χ2n) is 6.56. The van der Waals surface area contributed by atoms with Crippen LogP contribution in [0, 0.1) is 5.92 Å². The fourth-order valence-corrected chi connectivity index (χ4v) is 3.12. The van der Waals surface area contributed by atoms with Crippen molar-refractivity contribution in [3.8, 4) is 0 Å². The van der Waals surface area contributed by atoms with Crippen molar-refractivity contribution in [2.75, 3.05) is 19.7 Å². The van der Waals surface area contributed by atoms with E-state index in [-0.39, 0.29) is 18.9 Å². The Bertz CT molecular complexity index is 650. The number of rotatable bonds is 6. The molecule has 1 aliphatic rings. The minimum absolute atomic E-state index is 0.131. The van der Waals surface area contributed by atoms with Gasteiger partial charge in [0, 0.05) is 18.1 Å². The highest BCUT2D eigenvalue weighted by molar-refractivity contribution is 6.30. The topological polar surface area (TPSA) is 102 Å². The van der Waals surface area contributed by atoms with Gasteiger partial charge in [-0.25, -0.2) is 4.79 Å². The van der Waals surface area contributed by atoms with Crippen LogP contribution in [0.25, 0.3) is 0 Å². The number of ether oxygens (including phenoxy) is 1. The first-order valence-electron chi connectivity index (χ1n) is 8.60. The highest BCUT2D eigenvalue weighted by atomic mass is 35.5. The van der Waals surface area contributed by atoms with Crippen LogP contribution in [0.1, 0.15) is 37.8 Å². The Morgan fingerprint density at radius 1 is 1.35 bits per heavy atom. The van der Waals surface area contributed by atoms with Gasteiger partial charge in [-0.3, -0.25) is 9.59 Å². The molecule has 0 unspecified atom stereocenters. The minimum Gasteiger partial charge on any atom is -0.455 e. The summed E-state index contributed by atoms with van der Waals surface area (Å²) in [6.07, 6.45) is 1.93. The van der Waals surface area contributed by atoms with E-state index in [0.29, 0.717) is 29.6 Å². The van der Waals surface area contributed by atoms with Gasteiger partial charge >= 0.3 is 12.0 Å². The van der Waals surface area contributed by atoms with Crippen LogP contribution in [0.3, 0.4) is 0 Å². The molecule has 1 heterocycles. The van der Waals surface area contributed by atoms with E-state index in [2.05, 4.69) is 12.2 Å². The Labute approximate surface area is 157 Å².